The van der Waals surface area contributed by atoms with Gasteiger partial charge in [0.25, 0.3) is 0 Å². The molecular formula is C7H17NO3Si. The Morgan fingerprint density at radius 2 is 2.08 bits per heavy atom. The van der Waals surface area contributed by atoms with Gasteiger partial charge in [0.1, 0.15) is 8.96 Å². The molecule has 0 spiro atoms. The summed E-state index contributed by atoms with van der Waals surface area (Å²) in [6.07, 6.45) is -0.208. The summed E-state index contributed by atoms with van der Waals surface area (Å²) in [5.74, 6) is -0.538. The van der Waals surface area contributed by atoms with Gasteiger partial charge in [-0.15, -0.1) is 0 Å². The van der Waals surface area contributed by atoms with Gasteiger partial charge in [0, 0.05) is 0 Å². The maximum atomic E-state index is 10.2. The van der Waals surface area contributed by atoms with Crippen LogP contribution in [-0.4, -0.2) is 30.9 Å². The lowest BCUT2D eigenvalue weighted by Crippen LogP contribution is -2.42. The van der Waals surface area contributed by atoms with Gasteiger partial charge >= 0.3 is 5.97 Å². The first-order chi connectivity index (χ1) is 5.43. The van der Waals surface area contributed by atoms with E-state index in [1.165, 1.54) is 0 Å². The summed E-state index contributed by atoms with van der Waals surface area (Å²) >= 11 is 0. The van der Waals surface area contributed by atoms with Crippen molar-refractivity contribution in [3.05, 3.63) is 0 Å². The zero-order chi connectivity index (χ0) is 9.72. The van der Waals surface area contributed by atoms with Gasteiger partial charge < -0.3 is 15.6 Å². The van der Waals surface area contributed by atoms with Gasteiger partial charge in [0.15, 0.2) is 0 Å². The highest BCUT2D eigenvalue weighted by Crippen LogP contribution is 2.06. The van der Waals surface area contributed by atoms with Crippen LogP contribution in [-0.2, 0) is 4.79 Å². The van der Waals surface area contributed by atoms with Crippen molar-refractivity contribution in [2.75, 3.05) is 0 Å². The van der Waals surface area contributed by atoms with E-state index in [9.17, 15) is 9.90 Å². The van der Waals surface area contributed by atoms with Crippen LogP contribution in [0.4, 0.5) is 0 Å². The first-order valence-electron chi connectivity index (χ1n) is 4.09. The largest absolute Gasteiger partial charge is 0.481 e. The van der Waals surface area contributed by atoms with Crippen molar-refractivity contribution in [2.24, 2.45) is 11.3 Å². The second-order valence-electron chi connectivity index (χ2n) is 3.46. The van der Waals surface area contributed by atoms with E-state index in [1.54, 1.807) is 0 Å². The number of carbonyl (C=O) groups is 1. The zero-order valence-corrected chi connectivity index (χ0v) is 8.68. The fraction of sp³-hybridized carbons (Fsp3) is 0.857. The van der Waals surface area contributed by atoms with Gasteiger partial charge in [-0.3, -0.25) is 4.79 Å². The highest BCUT2D eigenvalue weighted by molar-refractivity contribution is 6.56. The lowest BCUT2D eigenvalue weighted by atomic mass is 10.3. The first-order valence-corrected chi connectivity index (χ1v) is 6.24. The van der Waals surface area contributed by atoms with E-state index >= 15 is 0 Å². The molecule has 5 heteroatoms. The molecule has 0 fully saturated rings. The number of rotatable bonds is 5. The number of aliphatic hydroxyl groups excluding tert-OH is 1. The van der Waals surface area contributed by atoms with Crippen LogP contribution in [0.3, 0.4) is 0 Å². The quantitative estimate of drug-likeness (QED) is 0.521. The van der Waals surface area contributed by atoms with Gasteiger partial charge in [-0.25, -0.2) is 0 Å². The van der Waals surface area contributed by atoms with Crippen molar-refractivity contribution >= 4 is 14.9 Å². The normalized spacial score (nSPS) is 16.1. The van der Waals surface area contributed by atoms with Gasteiger partial charge in [-0.2, -0.15) is 0 Å². The summed E-state index contributed by atoms with van der Waals surface area (Å²) in [6.45, 7) is 4.03. The molecule has 12 heavy (non-hydrogen) atoms. The molecule has 0 bridgehead atoms. The van der Waals surface area contributed by atoms with E-state index in [0.29, 0.717) is 5.92 Å². The number of nitrogens with two attached hydrogens (primary N) is 1. The molecule has 0 aliphatic carbocycles. The molecule has 0 aliphatic rings. The zero-order valence-electron chi connectivity index (χ0n) is 7.53. The lowest BCUT2D eigenvalue weighted by Gasteiger charge is -2.16. The van der Waals surface area contributed by atoms with E-state index in [-0.39, 0.29) is 6.42 Å². The van der Waals surface area contributed by atoms with Gasteiger partial charge in [-0.05, 0) is 12.0 Å². The Bertz CT molecular complexity index is 152. The number of aliphatic hydroxyl groups is 1. The van der Waals surface area contributed by atoms with Crippen molar-refractivity contribution in [2.45, 2.75) is 32.0 Å². The number of hydrogen-bond acceptors (Lipinski definition) is 3. The number of aliphatic carboxylic acids is 1. The van der Waals surface area contributed by atoms with E-state index in [4.69, 9.17) is 10.5 Å². The Morgan fingerprint density at radius 3 is 2.42 bits per heavy atom. The first kappa shape index (κ1) is 11.6. The van der Waals surface area contributed by atoms with Crippen LogP contribution in [0.5, 0.6) is 0 Å². The van der Waals surface area contributed by atoms with E-state index < -0.39 is 20.7 Å². The van der Waals surface area contributed by atoms with Crippen LogP contribution in [0.25, 0.3) is 0 Å². The Balaban J connectivity index is 3.76. The molecule has 0 saturated carbocycles. The molecule has 4 N–H and O–H groups in total. The Hall–Kier alpha value is -0.393. The minimum Gasteiger partial charge on any atom is -0.481 e. The molecule has 72 valence electrons. The summed E-state index contributed by atoms with van der Waals surface area (Å²) in [4.78, 5) is 10.2. The fourth-order valence-corrected chi connectivity index (χ4v) is 2.94. The molecule has 0 aromatic heterocycles. The second kappa shape index (κ2) is 5.29. The number of hydrogen-bond donors (Lipinski definition) is 3. The third-order valence-electron chi connectivity index (χ3n) is 1.62. The highest BCUT2D eigenvalue weighted by Gasteiger charge is 2.20. The summed E-state index contributed by atoms with van der Waals surface area (Å²) in [5, 5.41) is 23.4. The minimum atomic E-state index is -1.74. The molecule has 0 radical (unpaired) electrons. The maximum Gasteiger partial charge on any atom is 0.305 e. The van der Waals surface area contributed by atoms with E-state index in [2.05, 4.69) is 0 Å². The molecule has 0 aromatic rings. The molecule has 0 amide bonds. The monoisotopic (exact) mass is 191 g/mol. The number of carboxylic acid groups (broad SMARTS) is 1. The SMILES string of the molecule is CC(C)C[Si@H](N)[C@@H](O)CC(=O)O. The summed E-state index contributed by atoms with van der Waals surface area (Å²) < 4.78 is 0. The average Bonchev–Trinajstić information content (AvgIpc) is 1.84. The molecule has 4 nitrogen and oxygen atoms in total. The average molecular weight is 191 g/mol. The predicted molar refractivity (Wildman–Crippen MR) is 49.2 cm³/mol. The van der Waals surface area contributed by atoms with Gasteiger partial charge in [-0.1, -0.05) is 13.8 Å². The molecule has 0 rings (SSSR count). The molecule has 0 saturated heterocycles. The van der Waals surface area contributed by atoms with Crippen molar-refractivity contribution in [3.63, 3.8) is 0 Å². The highest BCUT2D eigenvalue weighted by atomic mass is 28.3. The fourth-order valence-electron chi connectivity index (χ4n) is 1.03. The van der Waals surface area contributed by atoms with Crippen LogP contribution in [0, 0.1) is 5.92 Å². The smallest absolute Gasteiger partial charge is 0.305 e. The maximum absolute atomic E-state index is 10.2. The molecule has 0 unspecified atom stereocenters. The lowest BCUT2D eigenvalue weighted by molar-refractivity contribution is -0.138. The molecule has 2 atom stereocenters. The predicted octanol–water partition coefficient (Wildman–Crippen LogP) is -0.300. The third kappa shape index (κ3) is 5.28. The van der Waals surface area contributed by atoms with E-state index in [0.717, 1.165) is 6.04 Å². The summed E-state index contributed by atoms with van der Waals surface area (Å²) in [6, 6.07) is 0.786. The third-order valence-corrected chi connectivity index (χ3v) is 4.33. The van der Waals surface area contributed by atoms with Crippen molar-refractivity contribution in [3.8, 4) is 0 Å². The van der Waals surface area contributed by atoms with Crippen LogP contribution in [0.2, 0.25) is 6.04 Å². The summed E-state index contributed by atoms with van der Waals surface area (Å²) in [7, 11) is -1.74. The Labute approximate surface area is 74.1 Å². The van der Waals surface area contributed by atoms with Crippen molar-refractivity contribution in [1.29, 1.82) is 0 Å². The van der Waals surface area contributed by atoms with Crippen LogP contribution in [0.15, 0.2) is 0 Å². The van der Waals surface area contributed by atoms with Crippen molar-refractivity contribution in [1.82, 2.24) is 0 Å². The van der Waals surface area contributed by atoms with Crippen LogP contribution >= 0.6 is 0 Å². The van der Waals surface area contributed by atoms with Gasteiger partial charge in [0.2, 0.25) is 0 Å². The van der Waals surface area contributed by atoms with Crippen LogP contribution in [0.1, 0.15) is 20.3 Å². The molecule has 0 aliphatic heterocycles. The Morgan fingerprint density at radius 1 is 1.58 bits per heavy atom. The molecule has 0 heterocycles. The molecule has 0 aromatic carbocycles. The number of carboxylic acids is 1. The standard InChI is InChI=1S/C7H17NO3Si/c1-5(2)4-12(8)7(11)3-6(9)10/h5,7,11-12H,3-4,8H2,1-2H3,(H,9,10)/t7-,12+/m1/s1. The van der Waals surface area contributed by atoms with Crippen LogP contribution < -0.4 is 5.40 Å². The summed E-state index contributed by atoms with van der Waals surface area (Å²) in [5.41, 5.74) is -0.787. The topological polar surface area (TPSA) is 83.5 Å². The van der Waals surface area contributed by atoms with E-state index in [1.807, 2.05) is 13.8 Å². The Kier molecular flexibility index (Phi) is 5.11. The van der Waals surface area contributed by atoms with Gasteiger partial charge in [0.05, 0.1) is 12.1 Å². The molecular weight excluding hydrogens is 174 g/mol. The minimum absolute atomic E-state index is 0.208. The van der Waals surface area contributed by atoms with Crippen molar-refractivity contribution < 1.29 is 15.0 Å². The second-order valence-corrected chi connectivity index (χ2v) is 6.03.